The average Bonchev–Trinajstić information content (AvgIpc) is 3.45. The van der Waals surface area contributed by atoms with E-state index in [1.54, 1.807) is 6.07 Å². The minimum absolute atomic E-state index is 0.195. The topological polar surface area (TPSA) is 37.5 Å². The zero-order chi connectivity index (χ0) is 19.3. The van der Waals surface area contributed by atoms with Crippen molar-refractivity contribution in [1.82, 2.24) is 9.38 Å². The van der Waals surface area contributed by atoms with Gasteiger partial charge in [0.05, 0.1) is 34.9 Å². The number of hydrogen-bond donors (Lipinski definition) is 1. The number of aliphatic hydroxyl groups is 1. The Bertz CT molecular complexity index is 1010. The molecule has 0 bridgehead atoms. The molecule has 0 unspecified atom stereocenters. The van der Waals surface area contributed by atoms with Crippen LogP contribution in [0, 0.1) is 11.7 Å². The van der Waals surface area contributed by atoms with Crippen LogP contribution in [-0.2, 0) is 0 Å². The van der Waals surface area contributed by atoms with Crippen molar-refractivity contribution >= 4 is 17.1 Å². The van der Waals surface area contributed by atoms with E-state index >= 15 is 0 Å². The van der Waals surface area contributed by atoms with Gasteiger partial charge in [-0.2, -0.15) is 0 Å². The van der Waals surface area contributed by atoms with Crippen LogP contribution in [0.5, 0.6) is 0 Å². The number of benzene rings is 1. The van der Waals surface area contributed by atoms with Crippen molar-refractivity contribution in [3.63, 3.8) is 0 Å². The lowest BCUT2D eigenvalue weighted by Gasteiger charge is -2.33. The summed E-state index contributed by atoms with van der Waals surface area (Å²) in [5.41, 5.74) is 4.46. The van der Waals surface area contributed by atoms with Crippen LogP contribution in [0.25, 0.3) is 5.52 Å². The zero-order valence-corrected chi connectivity index (χ0v) is 16.4. The summed E-state index contributed by atoms with van der Waals surface area (Å²) < 4.78 is 15.5. The van der Waals surface area contributed by atoms with Crippen molar-refractivity contribution in [2.24, 2.45) is 5.92 Å². The lowest BCUT2D eigenvalue weighted by molar-refractivity contribution is 0.0754. The predicted octanol–water partition coefficient (Wildman–Crippen LogP) is 6.01. The fourth-order valence-electron chi connectivity index (χ4n) is 4.84. The van der Waals surface area contributed by atoms with Gasteiger partial charge in [-0.25, -0.2) is 9.37 Å². The van der Waals surface area contributed by atoms with Crippen molar-refractivity contribution in [3.05, 3.63) is 70.5 Å². The Labute approximate surface area is 169 Å². The van der Waals surface area contributed by atoms with Gasteiger partial charge in [0.1, 0.15) is 5.82 Å². The van der Waals surface area contributed by atoms with Gasteiger partial charge in [0.2, 0.25) is 0 Å². The summed E-state index contributed by atoms with van der Waals surface area (Å²) in [6, 6.07) is 9.35. The number of pyridine rings is 1. The Morgan fingerprint density at radius 1 is 1.04 bits per heavy atom. The molecule has 2 aliphatic carbocycles. The number of imidazole rings is 1. The molecule has 0 aliphatic heterocycles. The Hall–Kier alpha value is -1.91. The highest BCUT2D eigenvalue weighted by Crippen LogP contribution is 2.47. The van der Waals surface area contributed by atoms with Crippen molar-refractivity contribution in [2.45, 2.75) is 56.5 Å². The molecular weight excluding hydrogens is 375 g/mol. The first-order valence-corrected chi connectivity index (χ1v) is 10.6. The van der Waals surface area contributed by atoms with Crippen LogP contribution in [-0.4, -0.2) is 14.5 Å². The highest BCUT2D eigenvalue weighted by atomic mass is 35.5. The fraction of sp³-hybridized carbons (Fsp3) is 0.435. The summed E-state index contributed by atoms with van der Waals surface area (Å²) in [4.78, 5) is 4.29. The molecule has 0 amide bonds. The molecule has 3 aromatic rings. The molecule has 2 aliphatic rings. The maximum atomic E-state index is 13.5. The van der Waals surface area contributed by atoms with E-state index in [9.17, 15) is 9.50 Å². The highest BCUT2D eigenvalue weighted by molar-refractivity contribution is 6.30. The van der Waals surface area contributed by atoms with Crippen molar-refractivity contribution in [1.29, 1.82) is 0 Å². The molecule has 0 spiro atoms. The van der Waals surface area contributed by atoms with Gasteiger partial charge < -0.3 is 9.51 Å². The number of hydrogen-bond acceptors (Lipinski definition) is 2. The summed E-state index contributed by atoms with van der Waals surface area (Å²) in [5, 5.41) is 11.5. The van der Waals surface area contributed by atoms with Crippen LogP contribution in [0.15, 0.2) is 42.9 Å². The van der Waals surface area contributed by atoms with E-state index < -0.39 is 6.10 Å². The van der Waals surface area contributed by atoms with Crippen LogP contribution >= 0.6 is 11.6 Å². The van der Waals surface area contributed by atoms with Gasteiger partial charge in [-0.15, -0.1) is 0 Å². The fourth-order valence-corrected chi connectivity index (χ4v) is 5.03. The van der Waals surface area contributed by atoms with E-state index in [0.29, 0.717) is 11.8 Å². The van der Waals surface area contributed by atoms with Gasteiger partial charge in [-0.1, -0.05) is 23.7 Å². The van der Waals surface area contributed by atoms with Crippen LogP contribution in [0.1, 0.15) is 73.3 Å². The van der Waals surface area contributed by atoms with Crippen molar-refractivity contribution in [3.8, 4) is 0 Å². The number of nitrogens with zero attached hydrogens (tertiary/aromatic N) is 2. The van der Waals surface area contributed by atoms with E-state index in [-0.39, 0.29) is 16.8 Å². The molecule has 2 heterocycles. The molecular formula is C23H24ClFN2O. The molecule has 5 heteroatoms. The molecule has 5 rings (SSSR count). The smallest absolute Gasteiger partial charge is 0.141 e. The Morgan fingerprint density at radius 2 is 1.79 bits per heavy atom. The van der Waals surface area contributed by atoms with Crippen LogP contribution in [0.3, 0.4) is 0 Å². The molecule has 146 valence electrons. The number of aromatic nitrogens is 2. The SMILES string of the molecule is O[C@H](c1c(C2CC2)ccc2cncn12)[C@H]1CC[C@H](c2ccc(F)c(Cl)c2)CC1. The lowest BCUT2D eigenvalue weighted by Crippen LogP contribution is -2.22. The molecule has 3 nitrogen and oxygen atoms in total. The summed E-state index contributed by atoms with van der Waals surface area (Å²) in [6.45, 7) is 0. The molecule has 0 radical (unpaired) electrons. The molecule has 1 aromatic carbocycles. The number of aliphatic hydroxyl groups excluding tert-OH is 1. The van der Waals surface area contributed by atoms with E-state index in [0.717, 1.165) is 42.5 Å². The third kappa shape index (κ3) is 3.23. The second kappa shape index (κ2) is 7.16. The first-order chi connectivity index (χ1) is 13.6. The number of rotatable bonds is 4. The molecule has 1 N–H and O–H groups in total. The van der Waals surface area contributed by atoms with Crippen LogP contribution in [0.2, 0.25) is 5.02 Å². The Morgan fingerprint density at radius 3 is 2.50 bits per heavy atom. The van der Waals surface area contributed by atoms with Gasteiger partial charge in [0.25, 0.3) is 0 Å². The first kappa shape index (κ1) is 18.1. The van der Waals surface area contributed by atoms with E-state index in [1.165, 1.54) is 24.5 Å². The maximum Gasteiger partial charge on any atom is 0.141 e. The first-order valence-electron chi connectivity index (χ1n) is 10.2. The summed E-state index contributed by atoms with van der Waals surface area (Å²) in [5.74, 6) is 0.830. The molecule has 1 atom stereocenters. The van der Waals surface area contributed by atoms with E-state index in [4.69, 9.17) is 11.6 Å². The van der Waals surface area contributed by atoms with Gasteiger partial charge in [0, 0.05) is 0 Å². The average molecular weight is 399 g/mol. The summed E-state index contributed by atoms with van der Waals surface area (Å²) in [7, 11) is 0. The molecule has 0 saturated heterocycles. The third-order valence-electron chi connectivity index (χ3n) is 6.59. The summed E-state index contributed by atoms with van der Waals surface area (Å²) in [6.07, 6.45) is 9.49. The number of halogens is 2. The molecule has 2 saturated carbocycles. The minimum Gasteiger partial charge on any atom is -0.387 e. The highest BCUT2D eigenvalue weighted by Gasteiger charge is 2.34. The van der Waals surface area contributed by atoms with Crippen molar-refractivity contribution < 1.29 is 9.50 Å². The van der Waals surface area contributed by atoms with Crippen LogP contribution in [0.4, 0.5) is 4.39 Å². The standard InChI is InChI=1S/C23H24ClFN2O/c24-20-11-17(7-10-21(20)25)14-1-5-16(6-2-14)23(28)22-19(15-3-4-15)9-8-18-12-26-13-27(18)22/h7-16,23,28H,1-6H2/t14-,16-,23-/m0/s1. The van der Waals surface area contributed by atoms with E-state index in [2.05, 4.69) is 21.5 Å². The second-order valence-electron chi connectivity index (χ2n) is 8.37. The minimum atomic E-state index is -0.480. The third-order valence-corrected chi connectivity index (χ3v) is 6.88. The number of fused-ring (bicyclic) bond motifs is 1. The zero-order valence-electron chi connectivity index (χ0n) is 15.7. The lowest BCUT2D eigenvalue weighted by atomic mass is 9.75. The van der Waals surface area contributed by atoms with Gasteiger partial charge >= 0.3 is 0 Å². The van der Waals surface area contributed by atoms with Gasteiger partial charge in [0.15, 0.2) is 0 Å². The monoisotopic (exact) mass is 398 g/mol. The summed E-state index contributed by atoms with van der Waals surface area (Å²) >= 11 is 5.97. The largest absolute Gasteiger partial charge is 0.387 e. The van der Waals surface area contributed by atoms with Gasteiger partial charge in [-0.3, -0.25) is 0 Å². The van der Waals surface area contributed by atoms with E-state index in [1.807, 2.05) is 18.6 Å². The normalized spacial score (nSPS) is 23.8. The second-order valence-corrected chi connectivity index (χ2v) is 8.77. The Balaban J connectivity index is 1.37. The quantitative estimate of drug-likeness (QED) is 0.584. The predicted molar refractivity (Wildman–Crippen MR) is 108 cm³/mol. The molecule has 28 heavy (non-hydrogen) atoms. The van der Waals surface area contributed by atoms with Gasteiger partial charge in [-0.05, 0) is 85.6 Å². The van der Waals surface area contributed by atoms with Crippen molar-refractivity contribution in [2.75, 3.05) is 0 Å². The van der Waals surface area contributed by atoms with Crippen LogP contribution < -0.4 is 0 Å². The molecule has 2 aromatic heterocycles. The molecule has 2 fully saturated rings. The maximum absolute atomic E-state index is 13.5. The Kier molecular flexibility index (Phi) is 4.64.